The van der Waals surface area contributed by atoms with Crippen LogP contribution in [0.2, 0.25) is 0 Å². The van der Waals surface area contributed by atoms with Gasteiger partial charge in [0.2, 0.25) is 0 Å². The Balaban J connectivity index is 1.41. The minimum Gasteiger partial charge on any atom is -0.367 e. The highest BCUT2D eigenvalue weighted by atomic mass is 32.2. The lowest BCUT2D eigenvalue weighted by molar-refractivity contribution is 0.0156. The second-order valence-corrected chi connectivity index (χ2v) is 9.91. The molecule has 6 heteroatoms. The van der Waals surface area contributed by atoms with Crippen molar-refractivity contribution < 1.29 is 21.7 Å². The monoisotopic (exact) mass is 438 g/mol. The van der Waals surface area contributed by atoms with Crippen molar-refractivity contribution in [2.45, 2.75) is 42.8 Å². The van der Waals surface area contributed by atoms with Gasteiger partial charge in [0, 0.05) is 5.92 Å². The zero-order valence-electron chi connectivity index (χ0n) is 17.1. The molecule has 3 aromatic rings. The fraction of sp³-hybridized carbons (Fsp3) is 0.280. The second-order valence-electron chi connectivity index (χ2n) is 8.29. The Labute approximate surface area is 181 Å². The zero-order chi connectivity index (χ0) is 21.6. The van der Waals surface area contributed by atoms with Gasteiger partial charge in [-0.05, 0) is 66.3 Å². The third-order valence-corrected chi connectivity index (χ3v) is 7.49. The largest absolute Gasteiger partial charge is 0.367 e. The van der Waals surface area contributed by atoms with E-state index in [1.165, 1.54) is 17.2 Å². The molecule has 0 N–H and O–H groups in total. The van der Waals surface area contributed by atoms with Crippen molar-refractivity contribution in [2.24, 2.45) is 0 Å². The molecule has 1 heterocycles. The quantitative estimate of drug-likeness (QED) is 0.535. The van der Waals surface area contributed by atoms with Gasteiger partial charge >= 0.3 is 0 Å². The normalized spacial score (nSPS) is 22.3. The van der Waals surface area contributed by atoms with E-state index in [-0.39, 0.29) is 29.3 Å². The maximum Gasteiger partial charge on any atom is 0.297 e. The smallest absolute Gasteiger partial charge is 0.297 e. The first-order chi connectivity index (χ1) is 14.9. The molecule has 3 atom stereocenters. The van der Waals surface area contributed by atoms with E-state index in [9.17, 15) is 12.8 Å². The maximum atomic E-state index is 14.1. The first-order valence-electron chi connectivity index (χ1n) is 10.4. The van der Waals surface area contributed by atoms with Gasteiger partial charge in [0.05, 0.1) is 23.7 Å². The lowest BCUT2D eigenvalue weighted by Crippen LogP contribution is -2.19. The minimum atomic E-state index is -3.87. The summed E-state index contributed by atoms with van der Waals surface area (Å²) in [6, 6.07) is 19.6. The summed E-state index contributed by atoms with van der Waals surface area (Å²) in [5, 5.41) is 0. The summed E-state index contributed by atoms with van der Waals surface area (Å²) in [4.78, 5) is 0.128. The van der Waals surface area contributed by atoms with E-state index in [1.54, 1.807) is 30.3 Å². The molecule has 0 aromatic heterocycles. The number of aryl methyl sites for hydroxylation is 1. The van der Waals surface area contributed by atoms with Gasteiger partial charge in [-0.3, -0.25) is 4.18 Å². The van der Waals surface area contributed by atoms with E-state index in [0.29, 0.717) is 6.42 Å². The summed E-state index contributed by atoms with van der Waals surface area (Å²) in [5.74, 6) is -0.274. The molecule has 0 spiro atoms. The van der Waals surface area contributed by atoms with Crippen molar-refractivity contribution in [3.05, 3.63) is 100 Å². The molecule has 0 unspecified atom stereocenters. The third kappa shape index (κ3) is 3.91. The average molecular weight is 439 g/mol. The molecule has 1 aliphatic carbocycles. The highest BCUT2D eigenvalue weighted by Gasteiger charge is 2.41. The highest BCUT2D eigenvalue weighted by Crippen LogP contribution is 2.49. The molecule has 160 valence electrons. The Bertz CT molecular complexity index is 1220. The Morgan fingerprint density at radius 3 is 2.55 bits per heavy atom. The van der Waals surface area contributed by atoms with Gasteiger partial charge < -0.3 is 4.74 Å². The van der Waals surface area contributed by atoms with Gasteiger partial charge in [0.1, 0.15) is 5.82 Å². The predicted octanol–water partition coefficient (Wildman–Crippen LogP) is 5.06. The maximum absolute atomic E-state index is 14.1. The van der Waals surface area contributed by atoms with Crippen LogP contribution < -0.4 is 0 Å². The molecular formula is C25H23FO4S. The molecule has 31 heavy (non-hydrogen) atoms. The second kappa shape index (κ2) is 7.86. The molecule has 1 saturated heterocycles. The molecule has 1 fully saturated rings. The number of ether oxygens (including phenoxy) is 1. The number of halogens is 1. The van der Waals surface area contributed by atoms with E-state index in [2.05, 4.69) is 12.1 Å². The summed E-state index contributed by atoms with van der Waals surface area (Å²) in [5.41, 5.74) is 5.22. The molecule has 0 radical (unpaired) electrons. The topological polar surface area (TPSA) is 52.6 Å². The molecule has 0 saturated carbocycles. The summed E-state index contributed by atoms with van der Waals surface area (Å²) in [7, 11) is -3.87. The van der Waals surface area contributed by atoms with E-state index >= 15 is 0 Å². The standard InChI is InChI=1S/C25H23FO4S/c1-16-6-10-21(11-7-16)31(27,28)29-15-20-14-24-22-5-3-2-4-17(22)12-18-8-9-19(26)13-23(18)25(24)30-20/h2-11,13,20,24-25H,12,14-15H2,1H3/t20-,24-,25+/m1/s1. The van der Waals surface area contributed by atoms with Crippen LogP contribution in [0.15, 0.2) is 71.6 Å². The lowest BCUT2D eigenvalue weighted by Gasteiger charge is -2.19. The third-order valence-electron chi connectivity index (χ3n) is 6.19. The molecule has 1 aliphatic heterocycles. The molecule has 5 rings (SSSR count). The van der Waals surface area contributed by atoms with Crippen LogP contribution in [-0.2, 0) is 25.5 Å². The van der Waals surface area contributed by atoms with Gasteiger partial charge in [-0.15, -0.1) is 0 Å². The van der Waals surface area contributed by atoms with Crippen molar-refractivity contribution >= 4 is 10.1 Å². The highest BCUT2D eigenvalue weighted by molar-refractivity contribution is 7.86. The fourth-order valence-corrected chi connectivity index (χ4v) is 5.58. The summed E-state index contributed by atoms with van der Waals surface area (Å²) < 4.78 is 50.9. The van der Waals surface area contributed by atoms with Crippen molar-refractivity contribution in [3.8, 4) is 0 Å². The summed E-state index contributed by atoms with van der Waals surface area (Å²) in [6.45, 7) is 1.82. The number of rotatable bonds is 4. The van der Waals surface area contributed by atoms with Crippen LogP contribution in [0.4, 0.5) is 4.39 Å². The van der Waals surface area contributed by atoms with Crippen LogP contribution in [0.5, 0.6) is 0 Å². The van der Waals surface area contributed by atoms with Crippen molar-refractivity contribution in [3.63, 3.8) is 0 Å². The molecule has 0 amide bonds. The van der Waals surface area contributed by atoms with Crippen molar-refractivity contribution in [1.29, 1.82) is 0 Å². The molecule has 0 bridgehead atoms. The first kappa shape index (κ1) is 20.4. The van der Waals surface area contributed by atoms with Crippen LogP contribution in [0.25, 0.3) is 0 Å². The van der Waals surface area contributed by atoms with Crippen LogP contribution in [-0.4, -0.2) is 21.1 Å². The number of fused-ring (bicyclic) bond motifs is 5. The average Bonchev–Trinajstić information content (AvgIpc) is 3.13. The van der Waals surface area contributed by atoms with E-state index < -0.39 is 16.2 Å². The van der Waals surface area contributed by atoms with Crippen LogP contribution in [0, 0.1) is 12.7 Å². The number of benzene rings is 3. The molecule has 3 aromatic carbocycles. The van der Waals surface area contributed by atoms with Crippen molar-refractivity contribution in [2.75, 3.05) is 6.61 Å². The van der Waals surface area contributed by atoms with E-state index in [0.717, 1.165) is 23.1 Å². The minimum absolute atomic E-state index is 0.0231. The molecule has 2 aliphatic rings. The van der Waals surface area contributed by atoms with Gasteiger partial charge in [-0.25, -0.2) is 4.39 Å². The summed E-state index contributed by atoms with van der Waals surface area (Å²) in [6.07, 6.45) is 0.606. The lowest BCUT2D eigenvalue weighted by atomic mass is 9.87. The van der Waals surface area contributed by atoms with Gasteiger partial charge in [-0.2, -0.15) is 8.42 Å². The first-order valence-corrected chi connectivity index (χ1v) is 11.8. The van der Waals surface area contributed by atoms with Gasteiger partial charge in [0.25, 0.3) is 10.1 Å². The van der Waals surface area contributed by atoms with Crippen LogP contribution in [0.3, 0.4) is 0 Å². The number of hydrogen-bond donors (Lipinski definition) is 0. The zero-order valence-corrected chi connectivity index (χ0v) is 17.9. The number of hydrogen-bond acceptors (Lipinski definition) is 4. The predicted molar refractivity (Wildman–Crippen MR) is 115 cm³/mol. The SMILES string of the molecule is Cc1ccc(S(=O)(=O)OC[C@H]2C[C@@H]3c4ccccc4Cc4ccc(F)cc4[C@@H]3O2)cc1. The Morgan fingerprint density at radius 1 is 1.00 bits per heavy atom. The van der Waals surface area contributed by atoms with Gasteiger partial charge in [0.15, 0.2) is 0 Å². The Morgan fingerprint density at radius 2 is 1.74 bits per heavy atom. The van der Waals surface area contributed by atoms with Crippen LogP contribution >= 0.6 is 0 Å². The summed E-state index contributed by atoms with van der Waals surface area (Å²) >= 11 is 0. The molecular weight excluding hydrogens is 415 g/mol. The fourth-order valence-electron chi connectivity index (χ4n) is 4.64. The Kier molecular flexibility index (Phi) is 5.16. The van der Waals surface area contributed by atoms with Gasteiger partial charge in [-0.1, -0.05) is 48.0 Å². The van der Waals surface area contributed by atoms with E-state index in [1.807, 2.05) is 25.1 Å². The Hall–Kier alpha value is -2.54. The van der Waals surface area contributed by atoms with E-state index in [4.69, 9.17) is 8.92 Å². The molecule has 4 nitrogen and oxygen atoms in total. The van der Waals surface area contributed by atoms with Crippen molar-refractivity contribution in [1.82, 2.24) is 0 Å². The van der Waals surface area contributed by atoms with Crippen LogP contribution in [0.1, 0.15) is 46.3 Å².